The second kappa shape index (κ2) is 4.23. The van der Waals surface area contributed by atoms with E-state index in [2.05, 4.69) is 0 Å². The molecule has 0 aromatic heterocycles. The van der Waals surface area contributed by atoms with Crippen LogP contribution in [0.3, 0.4) is 0 Å². The molecular formula is C17H16O2. The largest absolute Gasteiger partial charge is 0.497 e. The van der Waals surface area contributed by atoms with Crippen LogP contribution in [-0.2, 0) is 11.8 Å². The topological polar surface area (TPSA) is 26.3 Å². The van der Waals surface area contributed by atoms with Gasteiger partial charge in [0.05, 0.1) is 12.5 Å². The molecule has 0 saturated heterocycles. The van der Waals surface area contributed by atoms with E-state index in [1.165, 1.54) is 0 Å². The van der Waals surface area contributed by atoms with Gasteiger partial charge in [0, 0.05) is 5.56 Å². The fourth-order valence-electron chi connectivity index (χ4n) is 2.85. The minimum Gasteiger partial charge on any atom is -0.497 e. The predicted molar refractivity (Wildman–Crippen MR) is 74.8 cm³/mol. The lowest BCUT2D eigenvalue weighted by Gasteiger charge is -2.22. The molecule has 3 rings (SSSR count). The van der Waals surface area contributed by atoms with Gasteiger partial charge in [-0.1, -0.05) is 36.4 Å². The Labute approximate surface area is 113 Å². The van der Waals surface area contributed by atoms with Gasteiger partial charge in [0.1, 0.15) is 5.75 Å². The average Bonchev–Trinajstić information content (AvgIpc) is 2.72. The fraction of sp³-hybridized carbons (Fsp3) is 0.235. The molecule has 0 radical (unpaired) electrons. The van der Waals surface area contributed by atoms with E-state index in [0.29, 0.717) is 0 Å². The summed E-state index contributed by atoms with van der Waals surface area (Å²) in [6.45, 7) is 2.02. The first kappa shape index (κ1) is 12.0. The summed E-state index contributed by atoms with van der Waals surface area (Å²) in [4.78, 5) is 12.7. The zero-order chi connectivity index (χ0) is 13.5. The highest BCUT2D eigenvalue weighted by atomic mass is 16.5. The average molecular weight is 252 g/mol. The Hall–Kier alpha value is -2.09. The van der Waals surface area contributed by atoms with Crippen LogP contribution in [0.5, 0.6) is 5.75 Å². The second-order valence-corrected chi connectivity index (χ2v) is 5.23. The van der Waals surface area contributed by atoms with Gasteiger partial charge in [-0.2, -0.15) is 0 Å². The summed E-state index contributed by atoms with van der Waals surface area (Å²) >= 11 is 0. The van der Waals surface area contributed by atoms with Crippen molar-refractivity contribution in [3.63, 3.8) is 0 Å². The number of carbonyl (C=O) groups is 1. The summed E-state index contributed by atoms with van der Waals surface area (Å²) in [7, 11) is 1.62. The number of Topliss-reactive ketones (excluding diaryl/α,β-unsaturated/α-hetero) is 1. The Balaban J connectivity index is 2.08. The number of ether oxygens (including phenoxy) is 1. The first-order chi connectivity index (χ1) is 9.15. The van der Waals surface area contributed by atoms with Crippen molar-refractivity contribution in [3.8, 4) is 5.75 Å². The SMILES string of the molecule is COc1ccc2c(c1)C(=O)C(C)(c1ccccc1)C2. The number of hydrogen-bond donors (Lipinski definition) is 0. The van der Waals surface area contributed by atoms with Crippen molar-refractivity contribution in [2.45, 2.75) is 18.8 Å². The van der Waals surface area contributed by atoms with Crippen LogP contribution in [0.25, 0.3) is 0 Å². The lowest BCUT2D eigenvalue weighted by molar-refractivity contribution is 0.0915. The number of ketones is 1. The molecule has 0 N–H and O–H groups in total. The van der Waals surface area contributed by atoms with Crippen molar-refractivity contribution in [2.24, 2.45) is 0 Å². The van der Waals surface area contributed by atoms with Crippen molar-refractivity contribution >= 4 is 5.78 Å². The van der Waals surface area contributed by atoms with Crippen molar-refractivity contribution < 1.29 is 9.53 Å². The van der Waals surface area contributed by atoms with Gasteiger partial charge in [-0.15, -0.1) is 0 Å². The van der Waals surface area contributed by atoms with Gasteiger partial charge in [0.25, 0.3) is 0 Å². The van der Waals surface area contributed by atoms with Crippen LogP contribution in [0.2, 0.25) is 0 Å². The maximum Gasteiger partial charge on any atom is 0.173 e. The zero-order valence-corrected chi connectivity index (χ0v) is 11.1. The van der Waals surface area contributed by atoms with Gasteiger partial charge in [-0.3, -0.25) is 4.79 Å². The van der Waals surface area contributed by atoms with Crippen LogP contribution in [0.15, 0.2) is 48.5 Å². The molecule has 2 aromatic carbocycles. The lowest BCUT2D eigenvalue weighted by Crippen LogP contribution is -2.29. The highest BCUT2D eigenvalue weighted by Gasteiger charge is 2.42. The van der Waals surface area contributed by atoms with E-state index in [1.807, 2.05) is 55.5 Å². The van der Waals surface area contributed by atoms with Crippen LogP contribution < -0.4 is 4.74 Å². The molecule has 0 spiro atoms. The van der Waals surface area contributed by atoms with Crippen molar-refractivity contribution in [1.82, 2.24) is 0 Å². The summed E-state index contributed by atoms with van der Waals surface area (Å²) in [5, 5.41) is 0. The van der Waals surface area contributed by atoms with Crippen molar-refractivity contribution in [3.05, 3.63) is 65.2 Å². The van der Waals surface area contributed by atoms with E-state index >= 15 is 0 Å². The Morgan fingerprint density at radius 3 is 2.53 bits per heavy atom. The first-order valence-electron chi connectivity index (χ1n) is 6.42. The molecule has 1 aliphatic rings. The quantitative estimate of drug-likeness (QED) is 0.819. The van der Waals surface area contributed by atoms with Gasteiger partial charge in [-0.05, 0) is 36.6 Å². The molecule has 1 unspecified atom stereocenters. The third-order valence-corrected chi connectivity index (χ3v) is 4.02. The van der Waals surface area contributed by atoms with Gasteiger partial charge >= 0.3 is 0 Å². The van der Waals surface area contributed by atoms with Gasteiger partial charge in [0.15, 0.2) is 5.78 Å². The minimum absolute atomic E-state index is 0.188. The van der Waals surface area contributed by atoms with E-state index in [1.54, 1.807) is 7.11 Å². The van der Waals surface area contributed by atoms with Crippen molar-refractivity contribution in [1.29, 1.82) is 0 Å². The summed E-state index contributed by atoms with van der Waals surface area (Å²) < 4.78 is 5.21. The fourth-order valence-corrected chi connectivity index (χ4v) is 2.85. The molecule has 1 atom stereocenters. The van der Waals surface area contributed by atoms with Gasteiger partial charge in [0.2, 0.25) is 0 Å². The first-order valence-corrected chi connectivity index (χ1v) is 6.42. The summed E-state index contributed by atoms with van der Waals surface area (Å²) in [6.07, 6.45) is 0.759. The maximum absolute atomic E-state index is 12.7. The second-order valence-electron chi connectivity index (χ2n) is 5.23. The summed E-state index contributed by atoms with van der Waals surface area (Å²) in [5.74, 6) is 0.928. The number of carbonyl (C=O) groups excluding carboxylic acids is 1. The molecule has 0 heterocycles. The van der Waals surface area contributed by atoms with Crippen LogP contribution >= 0.6 is 0 Å². The standard InChI is InChI=1S/C17H16O2/c1-17(13-6-4-3-5-7-13)11-12-8-9-14(19-2)10-15(12)16(17)18/h3-10H,11H2,1-2H3. The van der Waals surface area contributed by atoms with E-state index in [9.17, 15) is 4.79 Å². The van der Waals surface area contributed by atoms with Gasteiger partial charge in [-0.25, -0.2) is 0 Å². The Kier molecular flexibility index (Phi) is 2.67. The normalized spacial score (nSPS) is 21.3. The molecule has 96 valence electrons. The Morgan fingerprint density at radius 1 is 1.11 bits per heavy atom. The van der Waals surface area contributed by atoms with Crippen LogP contribution in [0, 0.1) is 0 Å². The maximum atomic E-state index is 12.7. The summed E-state index contributed by atoms with van der Waals surface area (Å²) in [5.41, 5.74) is 2.54. The predicted octanol–water partition coefficient (Wildman–Crippen LogP) is 3.39. The minimum atomic E-state index is -0.448. The zero-order valence-electron chi connectivity index (χ0n) is 11.1. The van der Waals surface area contributed by atoms with Crippen LogP contribution in [0.4, 0.5) is 0 Å². The molecule has 0 fully saturated rings. The van der Waals surface area contributed by atoms with Crippen LogP contribution in [-0.4, -0.2) is 12.9 Å². The molecule has 1 aliphatic carbocycles. The highest BCUT2D eigenvalue weighted by molar-refractivity contribution is 6.08. The Morgan fingerprint density at radius 2 is 1.84 bits per heavy atom. The number of rotatable bonds is 2. The molecule has 2 heteroatoms. The molecule has 0 bridgehead atoms. The summed E-state index contributed by atoms with van der Waals surface area (Å²) in [6, 6.07) is 15.8. The number of hydrogen-bond acceptors (Lipinski definition) is 2. The van der Waals surface area contributed by atoms with E-state index in [-0.39, 0.29) is 5.78 Å². The number of benzene rings is 2. The van der Waals surface area contributed by atoms with Crippen LogP contribution in [0.1, 0.15) is 28.4 Å². The van der Waals surface area contributed by atoms with E-state index in [4.69, 9.17) is 4.74 Å². The number of fused-ring (bicyclic) bond motifs is 1. The molecule has 0 amide bonds. The molecule has 0 saturated carbocycles. The van der Waals surface area contributed by atoms with E-state index in [0.717, 1.165) is 28.9 Å². The highest BCUT2D eigenvalue weighted by Crippen LogP contribution is 2.40. The Bertz CT molecular complexity index is 631. The molecule has 2 aromatic rings. The van der Waals surface area contributed by atoms with Gasteiger partial charge < -0.3 is 4.74 Å². The third-order valence-electron chi connectivity index (χ3n) is 4.02. The molecule has 2 nitrogen and oxygen atoms in total. The smallest absolute Gasteiger partial charge is 0.173 e. The monoisotopic (exact) mass is 252 g/mol. The number of methoxy groups -OCH3 is 1. The van der Waals surface area contributed by atoms with Crippen molar-refractivity contribution in [2.75, 3.05) is 7.11 Å². The third kappa shape index (κ3) is 1.75. The molecule has 19 heavy (non-hydrogen) atoms. The molecular weight excluding hydrogens is 236 g/mol. The lowest BCUT2D eigenvalue weighted by atomic mass is 9.79. The van der Waals surface area contributed by atoms with E-state index < -0.39 is 5.41 Å². The molecule has 0 aliphatic heterocycles.